The fourth-order valence-corrected chi connectivity index (χ4v) is 3.09. The third-order valence-corrected chi connectivity index (χ3v) is 4.20. The van der Waals surface area contributed by atoms with E-state index in [1.165, 1.54) is 32.1 Å². The van der Waals surface area contributed by atoms with Crippen LogP contribution in [0, 0.1) is 0 Å². The van der Waals surface area contributed by atoms with Gasteiger partial charge < -0.3 is 11.1 Å². The Labute approximate surface area is 114 Å². The topological polar surface area (TPSA) is 50.9 Å². The van der Waals surface area contributed by atoms with Gasteiger partial charge in [0.05, 0.1) is 11.2 Å². The van der Waals surface area contributed by atoms with Crippen molar-refractivity contribution in [1.82, 2.24) is 4.98 Å². The third kappa shape index (κ3) is 2.37. The first-order chi connectivity index (χ1) is 9.18. The minimum atomic E-state index is 0.205. The van der Waals surface area contributed by atoms with Crippen LogP contribution < -0.4 is 11.1 Å². The molecule has 1 aliphatic rings. The van der Waals surface area contributed by atoms with Gasteiger partial charge in [-0.05, 0) is 31.9 Å². The molecular formula is C16H21N3. The number of para-hydroxylation sites is 1. The molecule has 0 amide bonds. The zero-order chi connectivity index (χ0) is 13.3. The van der Waals surface area contributed by atoms with Gasteiger partial charge in [-0.1, -0.05) is 31.4 Å². The van der Waals surface area contributed by atoms with E-state index in [0.29, 0.717) is 0 Å². The summed E-state index contributed by atoms with van der Waals surface area (Å²) in [6.45, 7) is 2.32. The predicted octanol–water partition coefficient (Wildman–Crippen LogP) is 3.95. The summed E-state index contributed by atoms with van der Waals surface area (Å²) in [5, 5.41) is 4.85. The highest BCUT2D eigenvalue weighted by molar-refractivity contribution is 5.97. The second kappa shape index (κ2) is 4.72. The summed E-state index contributed by atoms with van der Waals surface area (Å²) < 4.78 is 0. The fraction of sp³-hybridized carbons (Fsp3) is 0.438. The Bertz CT molecular complexity index is 586. The number of rotatable bonds is 2. The first-order valence-electron chi connectivity index (χ1n) is 7.09. The lowest BCUT2D eigenvalue weighted by molar-refractivity contribution is 0.349. The minimum absolute atomic E-state index is 0.205. The van der Waals surface area contributed by atoms with E-state index >= 15 is 0 Å². The van der Waals surface area contributed by atoms with E-state index in [1.807, 2.05) is 18.3 Å². The molecular weight excluding hydrogens is 234 g/mol. The van der Waals surface area contributed by atoms with E-state index in [-0.39, 0.29) is 5.54 Å². The van der Waals surface area contributed by atoms with Gasteiger partial charge in [-0.2, -0.15) is 0 Å². The van der Waals surface area contributed by atoms with Crippen LogP contribution in [0.1, 0.15) is 39.0 Å². The number of hydrogen-bond acceptors (Lipinski definition) is 3. The molecule has 100 valence electrons. The Morgan fingerprint density at radius 2 is 1.95 bits per heavy atom. The van der Waals surface area contributed by atoms with Crippen molar-refractivity contribution in [3.8, 4) is 0 Å². The third-order valence-electron chi connectivity index (χ3n) is 4.20. The Hall–Kier alpha value is -1.77. The van der Waals surface area contributed by atoms with Crippen molar-refractivity contribution in [2.24, 2.45) is 0 Å². The number of nitrogens with two attached hydrogens (primary N) is 1. The van der Waals surface area contributed by atoms with Gasteiger partial charge in [-0.25, -0.2) is 0 Å². The molecule has 0 radical (unpaired) electrons. The molecule has 1 fully saturated rings. The van der Waals surface area contributed by atoms with Crippen molar-refractivity contribution in [2.75, 3.05) is 11.1 Å². The Balaban J connectivity index is 1.99. The summed E-state index contributed by atoms with van der Waals surface area (Å²) in [4.78, 5) is 4.39. The van der Waals surface area contributed by atoms with Crippen LogP contribution in [0.5, 0.6) is 0 Å². The molecule has 19 heavy (non-hydrogen) atoms. The van der Waals surface area contributed by atoms with Gasteiger partial charge in [0.1, 0.15) is 0 Å². The van der Waals surface area contributed by atoms with Crippen LogP contribution in [-0.4, -0.2) is 10.5 Å². The molecule has 0 atom stereocenters. The van der Waals surface area contributed by atoms with Crippen LogP contribution in [0.15, 0.2) is 30.5 Å². The summed E-state index contributed by atoms with van der Waals surface area (Å²) in [6, 6.07) is 8.05. The highest BCUT2D eigenvalue weighted by Gasteiger charge is 2.26. The van der Waals surface area contributed by atoms with Crippen LogP contribution in [0.4, 0.5) is 11.4 Å². The molecule has 1 saturated carbocycles. The second-order valence-corrected chi connectivity index (χ2v) is 5.85. The molecule has 1 heterocycles. The van der Waals surface area contributed by atoms with Gasteiger partial charge in [0.15, 0.2) is 0 Å². The minimum Gasteiger partial charge on any atom is -0.397 e. The van der Waals surface area contributed by atoms with Crippen molar-refractivity contribution in [1.29, 1.82) is 0 Å². The normalized spacial score (nSPS) is 18.4. The highest BCUT2D eigenvalue weighted by Crippen LogP contribution is 2.34. The molecule has 0 saturated heterocycles. The lowest BCUT2D eigenvalue weighted by Gasteiger charge is -2.36. The number of hydrogen-bond donors (Lipinski definition) is 2. The SMILES string of the molecule is CC1(Nc2ccnc3c(N)cccc23)CCCCC1. The van der Waals surface area contributed by atoms with E-state index in [2.05, 4.69) is 29.4 Å². The largest absolute Gasteiger partial charge is 0.397 e. The van der Waals surface area contributed by atoms with Crippen LogP contribution in [0.25, 0.3) is 10.9 Å². The summed E-state index contributed by atoms with van der Waals surface area (Å²) in [7, 11) is 0. The Kier molecular flexibility index (Phi) is 3.05. The average Bonchev–Trinajstić information content (AvgIpc) is 2.40. The van der Waals surface area contributed by atoms with Crippen molar-refractivity contribution in [3.63, 3.8) is 0 Å². The van der Waals surface area contributed by atoms with Crippen molar-refractivity contribution >= 4 is 22.3 Å². The Morgan fingerprint density at radius 1 is 1.16 bits per heavy atom. The first-order valence-corrected chi connectivity index (χ1v) is 7.09. The molecule has 3 heteroatoms. The van der Waals surface area contributed by atoms with E-state index in [0.717, 1.165) is 22.3 Å². The predicted molar refractivity (Wildman–Crippen MR) is 81.3 cm³/mol. The molecule has 0 aliphatic heterocycles. The van der Waals surface area contributed by atoms with E-state index in [4.69, 9.17) is 5.73 Å². The quantitative estimate of drug-likeness (QED) is 0.799. The van der Waals surface area contributed by atoms with Gasteiger partial charge in [-0.3, -0.25) is 4.98 Å². The van der Waals surface area contributed by atoms with Crippen LogP contribution in [0.2, 0.25) is 0 Å². The highest BCUT2D eigenvalue weighted by atomic mass is 15.0. The molecule has 1 aromatic heterocycles. The summed E-state index contributed by atoms with van der Waals surface area (Å²) in [6.07, 6.45) is 8.30. The zero-order valence-electron chi connectivity index (χ0n) is 11.4. The van der Waals surface area contributed by atoms with Crippen molar-refractivity contribution in [2.45, 2.75) is 44.6 Å². The molecule has 0 bridgehead atoms. The number of aromatic nitrogens is 1. The number of benzene rings is 1. The number of nitrogen functional groups attached to an aromatic ring is 1. The number of fused-ring (bicyclic) bond motifs is 1. The number of nitrogens with zero attached hydrogens (tertiary/aromatic N) is 1. The smallest absolute Gasteiger partial charge is 0.0951 e. The molecule has 1 aliphatic carbocycles. The average molecular weight is 255 g/mol. The summed E-state index contributed by atoms with van der Waals surface area (Å²) >= 11 is 0. The van der Waals surface area contributed by atoms with E-state index in [9.17, 15) is 0 Å². The van der Waals surface area contributed by atoms with Gasteiger partial charge in [0.25, 0.3) is 0 Å². The van der Waals surface area contributed by atoms with Crippen molar-refractivity contribution < 1.29 is 0 Å². The lowest BCUT2D eigenvalue weighted by Crippen LogP contribution is -2.36. The summed E-state index contributed by atoms with van der Waals surface area (Å²) in [5.41, 5.74) is 9.00. The van der Waals surface area contributed by atoms with E-state index < -0.39 is 0 Å². The first kappa shape index (κ1) is 12.3. The molecule has 0 spiro atoms. The maximum absolute atomic E-state index is 6.00. The molecule has 3 nitrogen and oxygen atoms in total. The fourth-order valence-electron chi connectivity index (χ4n) is 3.09. The maximum Gasteiger partial charge on any atom is 0.0951 e. The molecule has 3 rings (SSSR count). The van der Waals surface area contributed by atoms with Gasteiger partial charge in [-0.15, -0.1) is 0 Å². The van der Waals surface area contributed by atoms with Crippen LogP contribution in [-0.2, 0) is 0 Å². The lowest BCUT2D eigenvalue weighted by atomic mass is 9.83. The standard InChI is InChI=1S/C16H21N3/c1-16(9-3-2-4-10-16)19-14-8-11-18-15-12(14)6-5-7-13(15)17/h5-8,11H,2-4,9-10,17H2,1H3,(H,18,19). The van der Waals surface area contributed by atoms with Crippen molar-refractivity contribution in [3.05, 3.63) is 30.5 Å². The number of pyridine rings is 1. The van der Waals surface area contributed by atoms with Crippen LogP contribution >= 0.6 is 0 Å². The van der Waals surface area contributed by atoms with Crippen LogP contribution in [0.3, 0.4) is 0 Å². The van der Waals surface area contributed by atoms with Gasteiger partial charge >= 0.3 is 0 Å². The molecule has 0 unspecified atom stereocenters. The van der Waals surface area contributed by atoms with E-state index in [1.54, 1.807) is 0 Å². The zero-order valence-corrected chi connectivity index (χ0v) is 11.4. The monoisotopic (exact) mass is 255 g/mol. The van der Waals surface area contributed by atoms with Gasteiger partial charge in [0.2, 0.25) is 0 Å². The summed E-state index contributed by atoms with van der Waals surface area (Å²) in [5.74, 6) is 0. The molecule has 1 aromatic carbocycles. The number of nitrogens with one attached hydrogen (secondary N) is 1. The van der Waals surface area contributed by atoms with Gasteiger partial charge in [0, 0.05) is 22.8 Å². The molecule has 2 aromatic rings. The maximum atomic E-state index is 6.00. The second-order valence-electron chi connectivity index (χ2n) is 5.85. The number of anilines is 2. The molecule has 3 N–H and O–H groups in total. The Morgan fingerprint density at radius 3 is 2.74 bits per heavy atom.